The first kappa shape index (κ1) is 6.77. The zero-order valence-corrected chi connectivity index (χ0v) is 4.10. The summed E-state index contributed by atoms with van der Waals surface area (Å²) in [6, 6.07) is 0. The van der Waals surface area contributed by atoms with Crippen molar-refractivity contribution in [2.75, 3.05) is 0 Å². The number of alkyl halides is 4. The molecule has 0 bridgehead atoms. The molecule has 0 spiro atoms. The number of halogens is 5. The van der Waals surface area contributed by atoms with Crippen LogP contribution in [0.3, 0.4) is 0 Å². The molecule has 1 aliphatic carbocycles. The van der Waals surface area contributed by atoms with E-state index in [1.807, 2.05) is 0 Å². The molecule has 0 heterocycles. The summed E-state index contributed by atoms with van der Waals surface area (Å²) in [5.74, 6) is -8.66. The van der Waals surface area contributed by atoms with E-state index < -0.39 is 24.4 Å². The maximum atomic E-state index is 11.6. The molecule has 53 valence electrons. The predicted molar refractivity (Wildman–Crippen MR) is 18.9 cm³/mol. The second-order valence-corrected chi connectivity index (χ2v) is 1.86. The first-order valence-corrected chi connectivity index (χ1v) is 2.15. The summed E-state index contributed by atoms with van der Waals surface area (Å²) < 4.78 is 57.7. The van der Waals surface area contributed by atoms with Crippen LogP contribution >= 0.6 is 0 Å². The van der Waals surface area contributed by atoms with Crippen molar-refractivity contribution in [1.82, 2.24) is 0 Å². The largest absolute Gasteiger partial charge is 0.347 e. The summed E-state index contributed by atoms with van der Waals surface area (Å²) in [6.45, 7) is 0. The van der Waals surface area contributed by atoms with Crippen molar-refractivity contribution >= 4 is 0 Å². The highest BCUT2D eigenvalue weighted by Crippen LogP contribution is 2.57. The fourth-order valence-corrected chi connectivity index (χ4v) is 0.509. The van der Waals surface area contributed by atoms with Gasteiger partial charge < -0.3 is 0 Å². The van der Waals surface area contributed by atoms with Gasteiger partial charge in [0, 0.05) is 0 Å². The van der Waals surface area contributed by atoms with Crippen molar-refractivity contribution in [1.29, 1.82) is 0 Å². The van der Waals surface area contributed by atoms with Gasteiger partial charge in [-0.1, -0.05) is 0 Å². The van der Waals surface area contributed by atoms with E-state index in [0.29, 0.717) is 0 Å². The summed E-state index contributed by atoms with van der Waals surface area (Å²) in [5, 5.41) is 0. The standard InChI is InChI=1S/C4H2F5/c5-2-1-3(6,7)4(2,8)9/h1H2. The van der Waals surface area contributed by atoms with Crippen molar-refractivity contribution < 1.29 is 22.0 Å². The molecule has 0 unspecified atom stereocenters. The molecule has 1 radical (unpaired) electrons. The molecule has 0 nitrogen and oxygen atoms in total. The van der Waals surface area contributed by atoms with Crippen LogP contribution in [0.1, 0.15) is 6.42 Å². The number of hydrogen-bond donors (Lipinski definition) is 0. The second-order valence-electron chi connectivity index (χ2n) is 1.86. The van der Waals surface area contributed by atoms with Crippen molar-refractivity contribution in [3.05, 3.63) is 6.17 Å². The Balaban J connectivity index is 2.70. The molecule has 1 rings (SSSR count). The molecule has 0 saturated heterocycles. The first-order chi connectivity index (χ1) is 3.88. The van der Waals surface area contributed by atoms with Crippen molar-refractivity contribution in [3.8, 4) is 0 Å². The molecular weight excluding hydrogens is 143 g/mol. The highest BCUT2D eigenvalue weighted by molar-refractivity contribution is 5.16. The fraction of sp³-hybridized carbons (Fsp3) is 0.750. The van der Waals surface area contributed by atoms with Crippen LogP contribution < -0.4 is 0 Å². The molecular formula is C4H2F5. The Bertz CT molecular complexity index is 129. The summed E-state index contributed by atoms with van der Waals surface area (Å²) in [7, 11) is 0. The van der Waals surface area contributed by atoms with Gasteiger partial charge in [0.2, 0.25) is 6.17 Å². The van der Waals surface area contributed by atoms with Crippen LogP contribution in [0.25, 0.3) is 0 Å². The number of hydrogen-bond acceptors (Lipinski definition) is 0. The van der Waals surface area contributed by atoms with E-state index in [2.05, 4.69) is 0 Å². The molecule has 0 N–H and O–H groups in total. The molecule has 1 saturated carbocycles. The van der Waals surface area contributed by atoms with Crippen LogP contribution in [0.15, 0.2) is 0 Å². The van der Waals surface area contributed by atoms with Gasteiger partial charge in [-0.2, -0.15) is 17.6 Å². The average Bonchev–Trinajstić information content (AvgIpc) is 1.65. The monoisotopic (exact) mass is 145 g/mol. The Morgan fingerprint density at radius 2 is 1.56 bits per heavy atom. The van der Waals surface area contributed by atoms with Crippen LogP contribution in [0.4, 0.5) is 22.0 Å². The molecule has 0 aromatic heterocycles. The zero-order chi connectivity index (χ0) is 7.28. The third-order valence-corrected chi connectivity index (χ3v) is 1.18. The maximum absolute atomic E-state index is 11.6. The summed E-state index contributed by atoms with van der Waals surface area (Å²) >= 11 is 0. The minimum Gasteiger partial charge on any atom is -0.233 e. The van der Waals surface area contributed by atoms with Gasteiger partial charge in [0.25, 0.3) is 0 Å². The molecule has 1 aliphatic rings. The zero-order valence-electron chi connectivity index (χ0n) is 4.10. The lowest BCUT2D eigenvalue weighted by Crippen LogP contribution is -2.55. The van der Waals surface area contributed by atoms with Gasteiger partial charge in [-0.3, -0.25) is 0 Å². The Morgan fingerprint density at radius 1 is 1.11 bits per heavy atom. The summed E-state index contributed by atoms with van der Waals surface area (Å²) in [6.07, 6.45) is -3.35. The Hall–Kier alpha value is -0.350. The SMILES string of the molecule is F[C]1CC(F)(F)C1(F)F. The third-order valence-electron chi connectivity index (χ3n) is 1.18. The lowest BCUT2D eigenvalue weighted by atomic mass is 9.87. The molecule has 5 heteroatoms. The van der Waals surface area contributed by atoms with E-state index in [1.54, 1.807) is 0 Å². The van der Waals surface area contributed by atoms with Gasteiger partial charge in [-0.25, -0.2) is 4.39 Å². The Morgan fingerprint density at radius 3 is 1.56 bits per heavy atom. The van der Waals surface area contributed by atoms with Crippen molar-refractivity contribution in [3.63, 3.8) is 0 Å². The van der Waals surface area contributed by atoms with E-state index in [0.717, 1.165) is 0 Å². The Labute approximate surface area is 47.7 Å². The fourth-order valence-electron chi connectivity index (χ4n) is 0.509. The summed E-state index contributed by atoms with van der Waals surface area (Å²) in [4.78, 5) is 0. The molecule has 0 amide bonds. The van der Waals surface area contributed by atoms with Gasteiger partial charge in [0.15, 0.2) is 0 Å². The smallest absolute Gasteiger partial charge is 0.233 e. The third kappa shape index (κ3) is 0.632. The quantitative estimate of drug-likeness (QED) is 0.458. The molecule has 0 atom stereocenters. The van der Waals surface area contributed by atoms with Crippen molar-refractivity contribution in [2.24, 2.45) is 0 Å². The van der Waals surface area contributed by atoms with Gasteiger partial charge in [-0.15, -0.1) is 0 Å². The second kappa shape index (κ2) is 1.38. The average molecular weight is 145 g/mol. The minimum absolute atomic E-state index is 1.43. The predicted octanol–water partition coefficient (Wildman–Crippen LogP) is 2.16. The van der Waals surface area contributed by atoms with Gasteiger partial charge in [0.05, 0.1) is 6.42 Å². The minimum atomic E-state index is -4.51. The van der Waals surface area contributed by atoms with Gasteiger partial charge >= 0.3 is 11.8 Å². The normalized spacial score (nSPS) is 31.7. The molecule has 0 aliphatic heterocycles. The van der Waals surface area contributed by atoms with E-state index >= 15 is 0 Å². The molecule has 1 fully saturated rings. The van der Waals surface area contributed by atoms with E-state index in [1.165, 1.54) is 0 Å². The maximum Gasteiger partial charge on any atom is 0.347 e. The molecule has 9 heavy (non-hydrogen) atoms. The number of rotatable bonds is 0. The highest BCUT2D eigenvalue weighted by atomic mass is 19.3. The van der Waals surface area contributed by atoms with Crippen LogP contribution in [0.2, 0.25) is 0 Å². The van der Waals surface area contributed by atoms with Gasteiger partial charge in [-0.05, 0) is 0 Å². The lowest BCUT2D eigenvalue weighted by Gasteiger charge is -2.37. The van der Waals surface area contributed by atoms with Crippen LogP contribution in [-0.2, 0) is 0 Å². The molecule has 0 aromatic carbocycles. The van der Waals surface area contributed by atoms with Crippen LogP contribution in [0.5, 0.6) is 0 Å². The van der Waals surface area contributed by atoms with Crippen molar-refractivity contribution in [2.45, 2.75) is 18.3 Å². The molecule has 0 aromatic rings. The van der Waals surface area contributed by atoms with Crippen LogP contribution in [0, 0.1) is 6.17 Å². The lowest BCUT2D eigenvalue weighted by molar-refractivity contribution is -0.274. The summed E-state index contributed by atoms with van der Waals surface area (Å²) in [5.41, 5.74) is 0. The highest BCUT2D eigenvalue weighted by Gasteiger charge is 2.73. The van der Waals surface area contributed by atoms with E-state index in [9.17, 15) is 22.0 Å². The first-order valence-electron chi connectivity index (χ1n) is 2.15. The van der Waals surface area contributed by atoms with Gasteiger partial charge in [0.1, 0.15) is 0 Å². The van der Waals surface area contributed by atoms with Crippen LogP contribution in [-0.4, -0.2) is 11.8 Å². The Kier molecular flexibility index (Phi) is 1.04. The van der Waals surface area contributed by atoms with E-state index in [-0.39, 0.29) is 0 Å². The topological polar surface area (TPSA) is 0 Å². The van der Waals surface area contributed by atoms with E-state index in [4.69, 9.17) is 0 Å².